The fraction of sp³-hybridized carbons (Fsp3) is 0.462. The van der Waals surface area contributed by atoms with E-state index in [1.165, 1.54) is 17.7 Å². The fourth-order valence-electron chi connectivity index (χ4n) is 2.24. The molecule has 0 atom stereocenters. The summed E-state index contributed by atoms with van der Waals surface area (Å²) < 4.78 is 0. The number of nitrogens with one attached hydrogen (secondary N) is 2. The van der Waals surface area contributed by atoms with Crippen molar-refractivity contribution in [2.24, 2.45) is 0 Å². The second-order valence-corrected chi connectivity index (χ2v) is 5.08. The number of rotatable bonds is 3. The standard InChI is InChI=1S/C13H17ClN2O/c1-10-8-11(14)4-5-12(10)15-13(17)9-16-6-2-3-7-16/h4-5,8H,2-3,6-7,9H2,1H3,(H,15,17)/p+1. The van der Waals surface area contributed by atoms with Gasteiger partial charge in [0.25, 0.3) is 5.91 Å². The van der Waals surface area contributed by atoms with Crippen LogP contribution < -0.4 is 10.2 Å². The molecule has 1 aliphatic heterocycles. The molecule has 17 heavy (non-hydrogen) atoms. The highest BCUT2D eigenvalue weighted by Gasteiger charge is 2.18. The summed E-state index contributed by atoms with van der Waals surface area (Å²) in [7, 11) is 0. The highest BCUT2D eigenvalue weighted by Crippen LogP contribution is 2.19. The molecule has 1 aromatic rings. The van der Waals surface area contributed by atoms with Gasteiger partial charge in [-0.2, -0.15) is 0 Å². The van der Waals surface area contributed by atoms with Crippen LogP contribution in [-0.2, 0) is 4.79 Å². The zero-order chi connectivity index (χ0) is 12.3. The zero-order valence-electron chi connectivity index (χ0n) is 10.1. The van der Waals surface area contributed by atoms with E-state index in [9.17, 15) is 4.79 Å². The molecule has 0 spiro atoms. The molecule has 0 unspecified atom stereocenters. The van der Waals surface area contributed by atoms with Crippen LogP contribution in [0.25, 0.3) is 0 Å². The van der Waals surface area contributed by atoms with E-state index >= 15 is 0 Å². The van der Waals surface area contributed by atoms with Crippen molar-refractivity contribution in [2.75, 3.05) is 25.0 Å². The molecule has 4 heteroatoms. The molecule has 0 radical (unpaired) electrons. The number of quaternary nitrogens is 1. The van der Waals surface area contributed by atoms with E-state index in [0.29, 0.717) is 11.6 Å². The summed E-state index contributed by atoms with van der Waals surface area (Å²) in [5.74, 6) is 0.0901. The third kappa shape index (κ3) is 3.45. The van der Waals surface area contributed by atoms with E-state index in [0.717, 1.165) is 24.3 Å². The first-order valence-corrected chi connectivity index (χ1v) is 6.42. The van der Waals surface area contributed by atoms with Gasteiger partial charge in [-0.05, 0) is 30.7 Å². The Balaban J connectivity index is 1.93. The molecule has 1 aromatic carbocycles. The molecule has 1 heterocycles. The van der Waals surface area contributed by atoms with Crippen molar-refractivity contribution in [3.63, 3.8) is 0 Å². The molecular formula is C13H18ClN2O+. The summed E-state index contributed by atoms with van der Waals surface area (Å²) in [4.78, 5) is 13.2. The van der Waals surface area contributed by atoms with E-state index < -0.39 is 0 Å². The van der Waals surface area contributed by atoms with E-state index in [4.69, 9.17) is 11.6 Å². The smallest absolute Gasteiger partial charge is 0.279 e. The van der Waals surface area contributed by atoms with Gasteiger partial charge in [0.15, 0.2) is 6.54 Å². The van der Waals surface area contributed by atoms with Gasteiger partial charge >= 0.3 is 0 Å². The monoisotopic (exact) mass is 253 g/mol. The predicted molar refractivity (Wildman–Crippen MR) is 69.6 cm³/mol. The molecule has 0 bridgehead atoms. The number of benzene rings is 1. The number of hydrogen-bond donors (Lipinski definition) is 2. The van der Waals surface area contributed by atoms with Crippen LogP contribution in [0.3, 0.4) is 0 Å². The van der Waals surface area contributed by atoms with Crippen molar-refractivity contribution in [3.8, 4) is 0 Å². The Kier molecular flexibility index (Phi) is 4.02. The van der Waals surface area contributed by atoms with Crippen molar-refractivity contribution in [1.82, 2.24) is 0 Å². The molecule has 92 valence electrons. The van der Waals surface area contributed by atoms with Crippen LogP contribution >= 0.6 is 11.6 Å². The van der Waals surface area contributed by atoms with E-state index in [1.54, 1.807) is 6.07 Å². The summed E-state index contributed by atoms with van der Waals surface area (Å²) >= 11 is 5.87. The average Bonchev–Trinajstić information content (AvgIpc) is 2.75. The maximum Gasteiger partial charge on any atom is 0.279 e. The van der Waals surface area contributed by atoms with Crippen molar-refractivity contribution >= 4 is 23.2 Å². The third-order valence-electron chi connectivity index (χ3n) is 3.18. The van der Waals surface area contributed by atoms with Gasteiger partial charge < -0.3 is 10.2 Å². The lowest BCUT2D eigenvalue weighted by atomic mass is 10.2. The number of anilines is 1. The van der Waals surface area contributed by atoms with Gasteiger partial charge in [-0.1, -0.05) is 11.6 Å². The van der Waals surface area contributed by atoms with Gasteiger partial charge in [0.2, 0.25) is 0 Å². The van der Waals surface area contributed by atoms with Gasteiger partial charge in [-0.25, -0.2) is 0 Å². The van der Waals surface area contributed by atoms with Gasteiger partial charge in [0, 0.05) is 23.6 Å². The molecule has 2 rings (SSSR count). The van der Waals surface area contributed by atoms with E-state index in [2.05, 4.69) is 5.32 Å². The minimum Gasteiger partial charge on any atom is -0.327 e. The molecule has 1 saturated heterocycles. The Hall–Kier alpha value is -1.06. The second kappa shape index (κ2) is 5.52. The first-order valence-electron chi connectivity index (χ1n) is 6.05. The average molecular weight is 254 g/mol. The molecule has 0 aliphatic carbocycles. The Morgan fingerprint density at radius 2 is 2.12 bits per heavy atom. The molecular weight excluding hydrogens is 236 g/mol. The number of aryl methyl sites for hydroxylation is 1. The molecule has 1 amide bonds. The number of carbonyl (C=O) groups is 1. The summed E-state index contributed by atoms with van der Waals surface area (Å²) in [5, 5.41) is 3.65. The van der Waals surface area contributed by atoms with Crippen LogP contribution in [-0.4, -0.2) is 25.5 Å². The summed E-state index contributed by atoms with van der Waals surface area (Å²) in [5.41, 5.74) is 1.86. The minimum atomic E-state index is 0.0901. The summed E-state index contributed by atoms with van der Waals surface area (Å²) in [6.45, 7) is 4.76. The SMILES string of the molecule is Cc1cc(Cl)ccc1NC(=O)C[NH+]1CCCC1. The number of hydrogen-bond acceptors (Lipinski definition) is 1. The molecule has 0 saturated carbocycles. The number of amides is 1. The maximum atomic E-state index is 11.8. The fourth-order valence-corrected chi connectivity index (χ4v) is 2.47. The Morgan fingerprint density at radius 3 is 2.76 bits per heavy atom. The highest BCUT2D eigenvalue weighted by molar-refractivity contribution is 6.30. The lowest BCUT2D eigenvalue weighted by Gasteiger charge is -2.13. The van der Waals surface area contributed by atoms with Crippen molar-refractivity contribution in [1.29, 1.82) is 0 Å². The van der Waals surface area contributed by atoms with Crippen LogP contribution in [0.5, 0.6) is 0 Å². The van der Waals surface area contributed by atoms with Gasteiger partial charge in [-0.15, -0.1) is 0 Å². The zero-order valence-corrected chi connectivity index (χ0v) is 10.8. The van der Waals surface area contributed by atoms with E-state index in [1.807, 2.05) is 19.1 Å². The van der Waals surface area contributed by atoms with Crippen LogP contribution in [0.1, 0.15) is 18.4 Å². The Morgan fingerprint density at radius 1 is 1.41 bits per heavy atom. The minimum absolute atomic E-state index is 0.0901. The first kappa shape index (κ1) is 12.4. The predicted octanol–water partition coefficient (Wildman–Crippen LogP) is 1.27. The van der Waals surface area contributed by atoms with Gasteiger partial charge in [0.05, 0.1) is 13.1 Å². The second-order valence-electron chi connectivity index (χ2n) is 4.64. The quantitative estimate of drug-likeness (QED) is 0.836. The molecule has 1 fully saturated rings. The molecule has 1 aliphatic rings. The largest absolute Gasteiger partial charge is 0.327 e. The number of likely N-dealkylation sites (tertiary alicyclic amines) is 1. The van der Waals surface area contributed by atoms with Gasteiger partial charge in [-0.3, -0.25) is 4.79 Å². The normalized spacial score (nSPS) is 16.1. The van der Waals surface area contributed by atoms with Crippen molar-refractivity contribution in [3.05, 3.63) is 28.8 Å². The lowest BCUT2D eigenvalue weighted by Crippen LogP contribution is -3.11. The van der Waals surface area contributed by atoms with Crippen LogP contribution in [0.4, 0.5) is 5.69 Å². The number of halogens is 1. The van der Waals surface area contributed by atoms with Gasteiger partial charge in [0.1, 0.15) is 0 Å². The Bertz CT molecular complexity index is 414. The van der Waals surface area contributed by atoms with Crippen molar-refractivity contribution in [2.45, 2.75) is 19.8 Å². The van der Waals surface area contributed by atoms with Crippen LogP contribution in [0, 0.1) is 6.92 Å². The van der Waals surface area contributed by atoms with Crippen molar-refractivity contribution < 1.29 is 9.69 Å². The topological polar surface area (TPSA) is 33.5 Å². The summed E-state index contributed by atoms with van der Waals surface area (Å²) in [6, 6.07) is 5.52. The third-order valence-corrected chi connectivity index (χ3v) is 3.42. The number of carbonyl (C=O) groups excluding carboxylic acids is 1. The van der Waals surface area contributed by atoms with E-state index in [-0.39, 0.29) is 5.91 Å². The molecule has 3 nitrogen and oxygen atoms in total. The highest BCUT2D eigenvalue weighted by atomic mass is 35.5. The van der Waals surface area contributed by atoms with Crippen LogP contribution in [0.2, 0.25) is 5.02 Å². The molecule has 2 N–H and O–H groups in total. The lowest BCUT2D eigenvalue weighted by molar-refractivity contribution is -0.878. The first-order chi connectivity index (χ1) is 8.15. The Labute approximate surface area is 107 Å². The summed E-state index contributed by atoms with van der Waals surface area (Å²) in [6.07, 6.45) is 2.48. The molecule has 0 aromatic heterocycles. The maximum absolute atomic E-state index is 11.8. The van der Waals surface area contributed by atoms with Crippen LogP contribution in [0.15, 0.2) is 18.2 Å².